The normalized spacial score (nSPS) is 10.2. The number of carbonyl (C=O) groups is 1. The molecule has 0 bridgehead atoms. The molecule has 2 rings (SSSR count). The van der Waals surface area contributed by atoms with Crippen molar-refractivity contribution >= 4 is 17.3 Å². The van der Waals surface area contributed by atoms with Gasteiger partial charge in [-0.1, -0.05) is 6.92 Å². The Morgan fingerprint density at radius 3 is 2.52 bits per heavy atom. The summed E-state index contributed by atoms with van der Waals surface area (Å²) in [5, 5.41) is 6.18. The SMILES string of the molecule is CCCNc1ccc(C(=O)Nc2ccc(C)nc2)c(C)c1. The number of amides is 1. The minimum atomic E-state index is -0.111. The van der Waals surface area contributed by atoms with Gasteiger partial charge in [-0.3, -0.25) is 9.78 Å². The van der Waals surface area contributed by atoms with E-state index in [-0.39, 0.29) is 5.91 Å². The van der Waals surface area contributed by atoms with Crippen molar-refractivity contribution in [2.24, 2.45) is 0 Å². The molecular weight excluding hydrogens is 262 g/mol. The largest absolute Gasteiger partial charge is 0.385 e. The van der Waals surface area contributed by atoms with Gasteiger partial charge in [0.1, 0.15) is 0 Å². The maximum Gasteiger partial charge on any atom is 0.255 e. The first-order valence-corrected chi connectivity index (χ1v) is 7.18. The molecule has 0 radical (unpaired) electrons. The molecule has 0 aliphatic rings. The standard InChI is InChI=1S/C17H21N3O/c1-4-9-18-14-7-8-16(12(2)10-14)17(21)20-15-6-5-13(3)19-11-15/h5-8,10-11,18H,4,9H2,1-3H3,(H,20,21). The first-order chi connectivity index (χ1) is 10.1. The number of benzene rings is 1. The lowest BCUT2D eigenvalue weighted by molar-refractivity contribution is 0.102. The molecule has 4 heteroatoms. The molecule has 0 atom stereocenters. The third-order valence-corrected chi connectivity index (χ3v) is 3.22. The minimum absolute atomic E-state index is 0.111. The van der Waals surface area contributed by atoms with Crippen molar-refractivity contribution in [3.05, 3.63) is 53.3 Å². The van der Waals surface area contributed by atoms with Crippen LogP contribution in [0.4, 0.5) is 11.4 Å². The molecule has 0 saturated carbocycles. The van der Waals surface area contributed by atoms with Crippen LogP contribution in [0, 0.1) is 13.8 Å². The molecule has 1 amide bonds. The van der Waals surface area contributed by atoms with Crippen molar-refractivity contribution in [1.82, 2.24) is 4.98 Å². The number of carbonyl (C=O) groups excluding carboxylic acids is 1. The molecule has 1 aromatic carbocycles. The van der Waals surface area contributed by atoms with E-state index in [9.17, 15) is 4.79 Å². The molecule has 0 aliphatic heterocycles. The molecule has 1 heterocycles. The van der Waals surface area contributed by atoms with Crippen molar-refractivity contribution < 1.29 is 4.79 Å². The Morgan fingerprint density at radius 1 is 1.14 bits per heavy atom. The number of aromatic nitrogens is 1. The van der Waals surface area contributed by atoms with E-state index in [1.54, 1.807) is 6.20 Å². The van der Waals surface area contributed by atoms with Crippen molar-refractivity contribution in [2.75, 3.05) is 17.2 Å². The maximum atomic E-state index is 12.3. The van der Waals surface area contributed by atoms with Gasteiger partial charge in [0.2, 0.25) is 0 Å². The van der Waals surface area contributed by atoms with Crippen LogP contribution in [0.5, 0.6) is 0 Å². The highest BCUT2D eigenvalue weighted by atomic mass is 16.1. The van der Waals surface area contributed by atoms with Crippen molar-refractivity contribution in [1.29, 1.82) is 0 Å². The van der Waals surface area contributed by atoms with Gasteiger partial charge in [-0.05, 0) is 56.2 Å². The lowest BCUT2D eigenvalue weighted by atomic mass is 10.1. The minimum Gasteiger partial charge on any atom is -0.385 e. The van der Waals surface area contributed by atoms with Crippen LogP contribution in [0.25, 0.3) is 0 Å². The summed E-state index contributed by atoms with van der Waals surface area (Å²) in [6.07, 6.45) is 2.74. The molecule has 2 N–H and O–H groups in total. The zero-order valence-corrected chi connectivity index (χ0v) is 12.7. The Kier molecular flexibility index (Phi) is 4.93. The summed E-state index contributed by atoms with van der Waals surface area (Å²) >= 11 is 0. The second-order valence-electron chi connectivity index (χ2n) is 5.10. The van der Waals surface area contributed by atoms with Gasteiger partial charge in [-0.2, -0.15) is 0 Å². The van der Waals surface area contributed by atoms with Gasteiger partial charge in [0, 0.05) is 23.5 Å². The Hall–Kier alpha value is -2.36. The van der Waals surface area contributed by atoms with E-state index < -0.39 is 0 Å². The molecule has 0 saturated heterocycles. The third-order valence-electron chi connectivity index (χ3n) is 3.22. The molecule has 0 unspecified atom stereocenters. The lowest BCUT2D eigenvalue weighted by Crippen LogP contribution is -2.14. The maximum absolute atomic E-state index is 12.3. The molecule has 110 valence electrons. The van der Waals surface area contributed by atoms with Crippen LogP contribution in [-0.2, 0) is 0 Å². The molecule has 2 aromatic rings. The van der Waals surface area contributed by atoms with Crippen LogP contribution in [0.2, 0.25) is 0 Å². The number of hydrogen-bond donors (Lipinski definition) is 2. The van der Waals surface area contributed by atoms with Crippen LogP contribution >= 0.6 is 0 Å². The molecule has 4 nitrogen and oxygen atoms in total. The summed E-state index contributed by atoms with van der Waals surface area (Å²) in [6, 6.07) is 9.51. The first kappa shape index (κ1) is 15.0. The first-order valence-electron chi connectivity index (χ1n) is 7.18. The van der Waals surface area contributed by atoms with Crippen molar-refractivity contribution in [3.63, 3.8) is 0 Å². The number of nitrogens with one attached hydrogen (secondary N) is 2. The highest BCUT2D eigenvalue weighted by molar-refractivity contribution is 6.05. The fraction of sp³-hybridized carbons (Fsp3) is 0.294. The lowest BCUT2D eigenvalue weighted by Gasteiger charge is -2.10. The second kappa shape index (κ2) is 6.88. The van der Waals surface area contributed by atoms with Crippen LogP contribution in [0.1, 0.15) is 35.0 Å². The number of hydrogen-bond acceptors (Lipinski definition) is 3. The Morgan fingerprint density at radius 2 is 1.90 bits per heavy atom. The van der Waals surface area contributed by atoms with Crippen molar-refractivity contribution in [2.45, 2.75) is 27.2 Å². The highest BCUT2D eigenvalue weighted by Crippen LogP contribution is 2.17. The van der Waals surface area contributed by atoms with E-state index in [0.717, 1.165) is 29.9 Å². The number of nitrogens with zero attached hydrogens (tertiary/aromatic N) is 1. The van der Waals surface area contributed by atoms with E-state index in [0.29, 0.717) is 11.3 Å². The Bertz CT molecular complexity index is 620. The van der Waals surface area contributed by atoms with Gasteiger partial charge >= 0.3 is 0 Å². The molecule has 0 fully saturated rings. The monoisotopic (exact) mass is 283 g/mol. The summed E-state index contributed by atoms with van der Waals surface area (Å²) in [7, 11) is 0. The smallest absolute Gasteiger partial charge is 0.255 e. The third kappa shape index (κ3) is 4.05. The summed E-state index contributed by atoms with van der Waals surface area (Å²) in [4.78, 5) is 16.5. The average Bonchev–Trinajstić information content (AvgIpc) is 2.47. The van der Waals surface area contributed by atoms with Crippen LogP contribution in [-0.4, -0.2) is 17.4 Å². The number of anilines is 2. The van der Waals surface area contributed by atoms with Gasteiger partial charge in [0.15, 0.2) is 0 Å². The van der Waals surface area contributed by atoms with Gasteiger partial charge in [-0.15, -0.1) is 0 Å². The van der Waals surface area contributed by atoms with Gasteiger partial charge in [0.05, 0.1) is 11.9 Å². The second-order valence-corrected chi connectivity index (χ2v) is 5.10. The summed E-state index contributed by atoms with van der Waals surface area (Å²) in [5.74, 6) is -0.111. The quantitative estimate of drug-likeness (QED) is 0.878. The zero-order valence-electron chi connectivity index (χ0n) is 12.7. The molecule has 0 aliphatic carbocycles. The van der Waals surface area contributed by atoms with Gasteiger partial charge in [-0.25, -0.2) is 0 Å². The van der Waals surface area contributed by atoms with E-state index in [2.05, 4.69) is 22.5 Å². The molecule has 21 heavy (non-hydrogen) atoms. The Labute approximate surface area is 125 Å². The van der Waals surface area contributed by atoms with E-state index in [1.807, 2.05) is 44.2 Å². The van der Waals surface area contributed by atoms with E-state index in [4.69, 9.17) is 0 Å². The molecular formula is C17H21N3O. The number of pyridine rings is 1. The van der Waals surface area contributed by atoms with Crippen molar-refractivity contribution in [3.8, 4) is 0 Å². The van der Waals surface area contributed by atoms with E-state index >= 15 is 0 Å². The predicted octanol–water partition coefficient (Wildman–Crippen LogP) is 3.77. The summed E-state index contributed by atoms with van der Waals surface area (Å²) in [5.41, 5.74) is 4.31. The predicted molar refractivity (Wildman–Crippen MR) is 86.9 cm³/mol. The van der Waals surface area contributed by atoms with Crippen LogP contribution in [0.15, 0.2) is 36.5 Å². The van der Waals surface area contributed by atoms with Gasteiger partial charge in [0.25, 0.3) is 5.91 Å². The summed E-state index contributed by atoms with van der Waals surface area (Å²) < 4.78 is 0. The van der Waals surface area contributed by atoms with Crippen LogP contribution < -0.4 is 10.6 Å². The molecule has 0 spiro atoms. The topological polar surface area (TPSA) is 54.0 Å². The van der Waals surface area contributed by atoms with Gasteiger partial charge < -0.3 is 10.6 Å². The van der Waals surface area contributed by atoms with Crippen LogP contribution in [0.3, 0.4) is 0 Å². The fourth-order valence-electron chi connectivity index (χ4n) is 2.04. The average molecular weight is 283 g/mol. The summed E-state index contributed by atoms with van der Waals surface area (Å²) in [6.45, 7) is 6.91. The fourth-order valence-corrected chi connectivity index (χ4v) is 2.04. The Balaban J connectivity index is 2.10. The van der Waals surface area contributed by atoms with E-state index in [1.165, 1.54) is 0 Å². The molecule has 1 aromatic heterocycles. The number of aryl methyl sites for hydroxylation is 2. The highest BCUT2D eigenvalue weighted by Gasteiger charge is 2.10. The number of rotatable bonds is 5. The zero-order chi connectivity index (χ0) is 15.2.